The molecule has 27 heavy (non-hydrogen) atoms. The third kappa shape index (κ3) is 6.87. The fourth-order valence-electron chi connectivity index (χ4n) is 2.94. The second kappa shape index (κ2) is 9.75. The molecule has 0 aliphatic carbocycles. The first-order chi connectivity index (χ1) is 12.8. The topological polar surface area (TPSA) is 63.2 Å². The van der Waals surface area contributed by atoms with E-state index in [-0.39, 0.29) is 18.3 Å². The van der Waals surface area contributed by atoms with E-state index in [1.807, 2.05) is 45.0 Å². The van der Waals surface area contributed by atoms with Gasteiger partial charge in [0, 0.05) is 18.8 Å². The first kappa shape index (κ1) is 21.2. The van der Waals surface area contributed by atoms with Crippen LogP contribution in [0.4, 0.5) is 0 Å². The standard InChI is InChI=1S/C21H28O6/c1-15-19(27-21(2,3)26-15)13-18(7-6-8-20(22)24-5)25-14-16-9-11-17(23-4)12-10-16/h9-12,15,18-19H,7,13-14H2,1-5H3/t15-,18+,19-/m1/s1. The number of rotatable bonds is 7. The molecule has 2 rings (SSSR count). The number of methoxy groups -OCH3 is 2. The molecular weight excluding hydrogens is 348 g/mol. The molecule has 1 saturated heterocycles. The van der Waals surface area contributed by atoms with Gasteiger partial charge >= 0.3 is 5.97 Å². The summed E-state index contributed by atoms with van der Waals surface area (Å²) in [7, 11) is 2.94. The van der Waals surface area contributed by atoms with E-state index in [1.54, 1.807) is 7.11 Å². The molecule has 1 fully saturated rings. The highest BCUT2D eigenvalue weighted by Crippen LogP contribution is 2.31. The molecule has 1 aromatic carbocycles. The van der Waals surface area contributed by atoms with Crippen molar-refractivity contribution in [2.24, 2.45) is 0 Å². The van der Waals surface area contributed by atoms with Gasteiger partial charge in [-0.2, -0.15) is 0 Å². The summed E-state index contributed by atoms with van der Waals surface area (Å²) in [5.74, 6) is 4.92. The molecule has 1 heterocycles. The molecule has 0 spiro atoms. The van der Waals surface area contributed by atoms with Gasteiger partial charge in [0.1, 0.15) is 5.75 Å². The highest BCUT2D eigenvalue weighted by molar-refractivity contribution is 5.88. The third-order valence-corrected chi connectivity index (χ3v) is 4.27. The van der Waals surface area contributed by atoms with Crippen LogP contribution in [0.25, 0.3) is 0 Å². The minimum Gasteiger partial charge on any atom is -0.497 e. The lowest BCUT2D eigenvalue weighted by Crippen LogP contribution is -2.27. The van der Waals surface area contributed by atoms with Crippen molar-refractivity contribution in [3.63, 3.8) is 0 Å². The highest BCUT2D eigenvalue weighted by atomic mass is 16.7. The van der Waals surface area contributed by atoms with Crippen LogP contribution in [0, 0.1) is 11.8 Å². The van der Waals surface area contributed by atoms with Crippen molar-refractivity contribution in [1.29, 1.82) is 0 Å². The summed E-state index contributed by atoms with van der Waals surface area (Å²) < 4.78 is 27.6. The number of hydrogen-bond acceptors (Lipinski definition) is 6. The van der Waals surface area contributed by atoms with Gasteiger partial charge in [-0.3, -0.25) is 0 Å². The highest BCUT2D eigenvalue weighted by Gasteiger charge is 2.39. The third-order valence-electron chi connectivity index (χ3n) is 4.27. The molecule has 0 N–H and O–H groups in total. The smallest absolute Gasteiger partial charge is 0.384 e. The normalized spacial score (nSPS) is 21.8. The van der Waals surface area contributed by atoms with Gasteiger partial charge in [0.05, 0.1) is 39.1 Å². The van der Waals surface area contributed by atoms with Crippen LogP contribution in [-0.4, -0.2) is 44.3 Å². The maximum atomic E-state index is 11.2. The summed E-state index contributed by atoms with van der Waals surface area (Å²) in [6.07, 6.45) is 0.685. The van der Waals surface area contributed by atoms with E-state index in [0.717, 1.165) is 11.3 Å². The van der Waals surface area contributed by atoms with Gasteiger partial charge in [0.15, 0.2) is 5.79 Å². The number of benzene rings is 1. The van der Waals surface area contributed by atoms with E-state index in [9.17, 15) is 4.79 Å². The van der Waals surface area contributed by atoms with E-state index < -0.39 is 11.8 Å². The van der Waals surface area contributed by atoms with Gasteiger partial charge < -0.3 is 23.7 Å². The average Bonchev–Trinajstić information content (AvgIpc) is 2.91. The Bertz CT molecular complexity index is 670. The Kier molecular flexibility index (Phi) is 7.66. The average molecular weight is 376 g/mol. The number of carbonyl (C=O) groups excluding carboxylic acids is 1. The van der Waals surface area contributed by atoms with Crippen LogP contribution in [0.1, 0.15) is 39.2 Å². The number of ether oxygens (including phenoxy) is 5. The lowest BCUT2D eigenvalue weighted by atomic mass is 10.1. The predicted octanol–water partition coefficient (Wildman–Crippen LogP) is 3.08. The zero-order chi connectivity index (χ0) is 19.9. The van der Waals surface area contributed by atoms with Crippen LogP contribution in [0.3, 0.4) is 0 Å². The fourth-order valence-corrected chi connectivity index (χ4v) is 2.94. The van der Waals surface area contributed by atoms with Crippen molar-refractivity contribution in [3.8, 4) is 17.6 Å². The van der Waals surface area contributed by atoms with Crippen molar-refractivity contribution in [2.45, 2.75) is 64.3 Å². The molecule has 0 saturated carbocycles. The monoisotopic (exact) mass is 376 g/mol. The molecule has 6 heteroatoms. The van der Waals surface area contributed by atoms with Gasteiger partial charge in [-0.15, -0.1) is 0 Å². The Morgan fingerprint density at radius 3 is 2.48 bits per heavy atom. The second-order valence-electron chi connectivity index (χ2n) is 6.89. The Morgan fingerprint density at radius 2 is 1.93 bits per heavy atom. The van der Waals surface area contributed by atoms with Gasteiger partial charge in [-0.25, -0.2) is 4.79 Å². The number of hydrogen-bond donors (Lipinski definition) is 0. The van der Waals surface area contributed by atoms with Crippen molar-refractivity contribution in [1.82, 2.24) is 0 Å². The molecular formula is C21H28O6. The second-order valence-corrected chi connectivity index (χ2v) is 6.89. The Morgan fingerprint density at radius 1 is 1.22 bits per heavy atom. The number of carbonyl (C=O) groups is 1. The number of esters is 1. The molecule has 0 radical (unpaired) electrons. The van der Waals surface area contributed by atoms with Crippen LogP contribution >= 0.6 is 0 Å². The van der Waals surface area contributed by atoms with Crippen molar-refractivity contribution >= 4 is 5.97 Å². The van der Waals surface area contributed by atoms with Gasteiger partial charge in [-0.1, -0.05) is 18.1 Å². The zero-order valence-corrected chi connectivity index (χ0v) is 16.6. The lowest BCUT2D eigenvalue weighted by molar-refractivity contribution is -0.148. The van der Waals surface area contributed by atoms with E-state index in [1.165, 1.54) is 7.11 Å². The van der Waals surface area contributed by atoms with Crippen molar-refractivity contribution < 1.29 is 28.5 Å². The lowest BCUT2D eigenvalue weighted by Gasteiger charge is -2.21. The summed E-state index contributed by atoms with van der Waals surface area (Å²) in [4.78, 5) is 11.2. The van der Waals surface area contributed by atoms with Crippen molar-refractivity contribution in [3.05, 3.63) is 29.8 Å². The minimum atomic E-state index is -0.609. The van der Waals surface area contributed by atoms with Crippen LogP contribution in [-0.2, 0) is 30.3 Å². The molecule has 0 unspecified atom stereocenters. The molecule has 6 nitrogen and oxygen atoms in total. The summed E-state index contributed by atoms with van der Waals surface area (Å²) in [5, 5.41) is 0. The SMILES string of the molecule is COC(=O)C#CC[C@@H](C[C@H]1OC(C)(C)O[C@@H]1C)OCc1ccc(OC)cc1. The first-order valence-corrected chi connectivity index (χ1v) is 9.00. The van der Waals surface area contributed by atoms with E-state index in [0.29, 0.717) is 19.4 Å². The van der Waals surface area contributed by atoms with Crippen LogP contribution < -0.4 is 4.74 Å². The van der Waals surface area contributed by atoms with Crippen LogP contribution in [0.5, 0.6) is 5.75 Å². The van der Waals surface area contributed by atoms with Crippen molar-refractivity contribution in [2.75, 3.05) is 14.2 Å². The predicted molar refractivity (Wildman–Crippen MR) is 100 cm³/mol. The van der Waals surface area contributed by atoms with E-state index in [4.69, 9.17) is 18.9 Å². The molecule has 1 aliphatic rings. The fraction of sp³-hybridized carbons (Fsp3) is 0.571. The minimum absolute atomic E-state index is 0.0411. The zero-order valence-electron chi connectivity index (χ0n) is 16.6. The van der Waals surface area contributed by atoms with E-state index in [2.05, 4.69) is 16.6 Å². The maximum Gasteiger partial charge on any atom is 0.384 e. The molecule has 148 valence electrons. The quantitative estimate of drug-likeness (QED) is 0.414. The summed E-state index contributed by atoms with van der Waals surface area (Å²) in [6, 6.07) is 7.69. The molecule has 0 amide bonds. The van der Waals surface area contributed by atoms with Crippen LogP contribution in [0.2, 0.25) is 0 Å². The first-order valence-electron chi connectivity index (χ1n) is 9.00. The Labute approximate surface area is 161 Å². The molecule has 1 aliphatic heterocycles. The molecule has 0 aromatic heterocycles. The van der Waals surface area contributed by atoms with Gasteiger partial charge in [-0.05, 0) is 38.5 Å². The summed E-state index contributed by atoms with van der Waals surface area (Å²) in [5.41, 5.74) is 1.03. The largest absolute Gasteiger partial charge is 0.497 e. The van der Waals surface area contributed by atoms with Crippen LogP contribution in [0.15, 0.2) is 24.3 Å². The molecule has 1 aromatic rings. The van der Waals surface area contributed by atoms with Gasteiger partial charge in [0.2, 0.25) is 0 Å². The molecule has 3 atom stereocenters. The summed E-state index contributed by atoms with van der Waals surface area (Å²) >= 11 is 0. The summed E-state index contributed by atoms with van der Waals surface area (Å²) in [6.45, 7) is 6.21. The maximum absolute atomic E-state index is 11.2. The Balaban J connectivity index is 1.99. The van der Waals surface area contributed by atoms with E-state index >= 15 is 0 Å². The Hall–Kier alpha value is -2.07. The van der Waals surface area contributed by atoms with Gasteiger partial charge in [0.25, 0.3) is 0 Å². The molecule has 0 bridgehead atoms.